The Bertz CT molecular complexity index is 724. The summed E-state index contributed by atoms with van der Waals surface area (Å²) < 4.78 is 80.1. The molecule has 0 heterocycles. The van der Waals surface area contributed by atoms with Crippen LogP contribution in [-0.4, -0.2) is 12.6 Å². The van der Waals surface area contributed by atoms with Crippen LogP contribution < -0.4 is 4.74 Å². The summed E-state index contributed by atoms with van der Waals surface area (Å²) in [5, 5.41) is 0. The first-order chi connectivity index (χ1) is 10.2. The number of benzene rings is 2. The van der Waals surface area contributed by atoms with Crippen LogP contribution in [0.4, 0.5) is 26.3 Å². The average molecular weight is 320 g/mol. The third-order valence-corrected chi connectivity index (χ3v) is 2.71. The van der Waals surface area contributed by atoms with E-state index in [9.17, 15) is 31.1 Å². The van der Waals surface area contributed by atoms with Gasteiger partial charge in [0.2, 0.25) is 0 Å². The predicted octanol–water partition coefficient (Wildman–Crippen LogP) is 4.48. The first-order valence-corrected chi connectivity index (χ1v) is 5.72. The summed E-state index contributed by atoms with van der Waals surface area (Å²) >= 11 is 0. The molecule has 0 fully saturated rings. The van der Waals surface area contributed by atoms with Crippen molar-refractivity contribution in [2.75, 3.05) is 0 Å². The van der Waals surface area contributed by atoms with Crippen molar-refractivity contribution >= 4 is 6.29 Å². The molecule has 0 spiro atoms. The van der Waals surface area contributed by atoms with E-state index in [0.29, 0.717) is 12.1 Å². The van der Waals surface area contributed by atoms with E-state index >= 15 is 0 Å². The molecular weight excluding hydrogens is 314 g/mol. The van der Waals surface area contributed by atoms with E-state index < -0.39 is 35.1 Å². The predicted molar refractivity (Wildman–Crippen MR) is 63.8 cm³/mol. The van der Waals surface area contributed by atoms with Crippen LogP contribution in [0.25, 0.3) is 11.1 Å². The Kier molecular flexibility index (Phi) is 4.11. The summed E-state index contributed by atoms with van der Waals surface area (Å²) in [5.41, 5.74) is -1.12. The Morgan fingerprint density at radius 1 is 0.909 bits per heavy atom. The van der Waals surface area contributed by atoms with Gasteiger partial charge in [0.05, 0.1) is 0 Å². The van der Waals surface area contributed by atoms with Gasteiger partial charge < -0.3 is 4.74 Å². The second-order valence-electron chi connectivity index (χ2n) is 4.14. The van der Waals surface area contributed by atoms with Crippen molar-refractivity contribution in [1.29, 1.82) is 0 Å². The molecule has 2 rings (SSSR count). The highest BCUT2D eigenvalue weighted by molar-refractivity contribution is 5.88. The maximum Gasteiger partial charge on any atom is 0.573 e. The fraction of sp³-hybridized carbons (Fsp3) is 0.0714. The zero-order valence-corrected chi connectivity index (χ0v) is 10.5. The fourth-order valence-corrected chi connectivity index (χ4v) is 1.80. The van der Waals surface area contributed by atoms with Crippen LogP contribution in [0.3, 0.4) is 0 Å². The van der Waals surface area contributed by atoms with Crippen molar-refractivity contribution in [2.24, 2.45) is 0 Å². The smallest absolute Gasteiger partial charge is 0.406 e. The average Bonchev–Trinajstić information content (AvgIpc) is 2.43. The Morgan fingerprint density at radius 2 is 1.59 bits per heavy atom. The summed E-state index contributed by atoms with van der Waals surface area (Å²) in [6.07, 6.45) is -4.75. The molecule has 2 nitrogen and oxygen atoms in total. The number of hydrogen-bond donors (Lipinski definition) is 0. The number of hydrogen-bond acceptors (Lipinski definition) is 2. The van der Waals surface area contributed by atoms with Gasteiger partial charge in [0, 0.05) is 11.1 Å². The van der Waals surface area contributed by atoms with Crippen LogP contribution in [0, 0.1) is 17.5 Å². The molecule has 2 aromatic carbocycles. The van der Waals surface area contributed by atoms with Crippen molar-refractivity contribution in [3.63, 3.8) is 0 Å². The molecule has 2 aromatic rings. The van der Waals surface area contributed by atoms with E-state index in [2.05, 4.69) is 4.74 Å². The highest BCUT2D eigenvalue weighted by atomic mass is 19.4. The summed E-state index contributed by atoms with van der Waals surface area (Å²) in [7, 11) is 0. The van der Waals surface area contributed by atoms with Gasteiger partial charge in [0.1, 0.15) is 5.75 Å². The number of halogens is 6. The first-order valence-electron chi connectivity index (χ1n) is 5.72. The Balaban J connectivity index is 2.60. The summed E-state index contributed by atoms with van der Waals surface area (Å²) in [5.74, 6) is -5.60. The monoisotopic (exact) mass is 320 g/mol. The standard InChI is InChI=1S/C14H6F6O2/c15-11-4-3-9(12(16)13(11)17)10-5-8(22-14(18,19)20)2-1-7(10)6-21/h1-6H. The van der Waals surface area contributed by atoms with Gasteiger partial charge >= 0.3 is 6.36 Å². The van der Waals surface area contributed by atoms with Crippen molar-refractivity contribution in [3.05, 3.63) is 53.3 Å². The number of ether oxygens (including phenoxy) is 1. The molecule has 0 atom stereocenters. The number of carbonyl (C=O) groups excluding carboxylic acids is 1. The van der Waals surface area contributed by atoms with Crippen LogP contribution in [0.5, 0.6) is 5.75 Å². The van der Waals surface area contributed by atoms with Crippen LogP contribution in [0.2, 0.25) is 0 Å². The minimum atomic E-state index is -4.99. The molecule has 0 N–H and O–H groups in total. The second kappa shape index (κ2) is 5.70. The van der Waals surface area contributed by atoms with Crippen molar-refractivity contribution in [3.8, 4) is 16.9 Å². The van der Waals surface area contributed by atoms with E-state index in [0.717, 1.165) is 18.2 Å². The number of rotatable bonds is 3. The minimum absolute atomic E-state index is 0.209. The fourth-order valence-electron chi connectivity index (χ4n) is 1.80. The molecular formula is C14H6F6O2. The Hall–Kier alpha value is -2.51. The van der Waals surface area contributed by atoms with Gasteiger partial charge in [-0.1, -0.05) is 0 Å². The largest absolute Gasteiger partial charge is 0.573 e. The zero-order chi connectivity index (χ0) is 16.5. The molecule has 0 saturated heterocycles. The molecule has 22 heavy (non-hydrogen) atoms. The maximum absolute atomic E-state index is 13.7. The van der Waals surface area contributed by atoms with Crippen LogP contribution in [0.1, 0.15) is 10.4 Å². The number of alkyl halides is 3. The molecule has 0 aliphatic carbocycles. The molecule has 0 amide bonds. The topological polar surface area (TPSA) is 26.3 Å². The molecule has 0 aromatic heterocycles. The maximum atomic E-state index is 13.7. The van der Waals surface area contributed by atoms with E-state index in [-0.39, 0.29) is 17.4 Å². The number of aldehydes is 1. The summed E-state index contributed by atoms with van der Waals surface area (Å²) in [6.45, 7) is 0. The van der Waals surface area contributed by atoms with Crippen LogP contribution in [-0.2, 0) is 0 Å². The van der Waals surface area contributed by atoms with Crippen molar-refractivity contribution in [2.45, 2.75) is 6.36 Å². The molecule has 0 radical (unpaired) electrons. The highest BCUT2D eigenvalue weighted by Crippen LogP contribution is 2.33. The molecule has 0 unspecified atom stereocenters. The molecule has 0 saturated carbocycles. The lowest BCUT2D eigenvalue weighted by Gasteiger charge is -2.12. The van der Waals surface area contributed by atoms with Crippen molar-refractivity contribution in [1.82, 2.24) is 0 Å². The van der Waals surface area contributed by atoms with E-state index in [1.807, 2.05) is 0 Å². The van der Waals surface area contributed by atoms with Gasteiger partial charge in [-0.3, -0.25) is 4.79 Å². The van der Waals surface area contributed by atoms with Crippen molar-refractivity contribution < 1.29 is 35.9 Å². The van der Waals surface area contributed by atoms with Gasteiger partial charge in [-0.15, -0.1) is 13.2 Å². The lowest BCUT2D eigenvalue weighted by atomic mass is 9.99. The van der Waals surface area contributed by atoms with Crippen LogP contribution >= 0.6 is 0 Å². The Morgan fingerprint density at radius 3 is 2.18 bits per heavy atom. The summed E-state index contributed by atoms with van der Waals surface area (Å²) in [4.78, 5) is 10.9. The minimum Gasteiger partial charge on any atom is -0.406 e. The number of carbonyl (C=O) groups is 1. The normalized spacial score (nSPS) is 11.4. The lowest BCUT2D eigenvalue weighted by molar-refractivity contribution is -0.274. The van der Waals surface area contributed by atoms with Gasteiger partial charge in [-0.05, 0) is 35.9 Å². The third kappa shape index (κ3) is 3.21. The highest BCUT2D eigenvalue weighted by Gasteiger charge is 2.31. The second-order valence-corrected chi connectivity index (χ2v) is 4.14. The molecule has 0 bridgehead atoms. The molecule has 0 aliphatic rings. The zero-order valence-electron chi connectivity index (χ0n) is 10.5. The molecule has 0 aliphatic heterocycles. The van der Waals surface area contributed by atoms with E-state index in [4.69, 9.17) is 0 Å². The first kappa shape index (κ1) is 15.9. The SMILES string of the molecule is O=Cc1ccc(OC(F)(F)F)cc1-c1ccc(F)c(F)c1F. The lowest BCUT2D eigenvalue weighted by Crippen LogP contribution is -2.17. The van der Waals surface area contributed by atoms with Gasteiger partial charge in [-0.25, -0.2) is 13.2 Å². The van der Waals surface area contributed by atoms with E-state index in [1.54, 1.807) is 0 Å². The van der Waals surface area contributed by atoms with E-state index in [1.165, 1.54) is 0 Å². The quantitative estimate of drug-likeness (QED) is 0.473. The Labute approximate surface area is 119 Å². The third-order valence-electron chi connectivity index (χ3n) is 2.71. The van der Waals surface area contributed by atoms with Gasteiger partial charge in [0.15, 0.2) is 23.7 Å². The van der Waals surface area contributed by atoms with Crippen LogP contribution in [0.15, 0.2) is 30.3 Å². The summed E-state index contributed by atoms with van der Waals surface area (Å²) in [6, 6.07) is 3.92. The van der Waals surface area contributed by atoms with Gasteiger partial charge in [0.25, 0.3) is 0 Å². The molecule has 116 valence electrons. The molecule has 8 heteroatoms. The van der Waals surface area contributed by atoms with Gasteiger partial charge in [-0.2, -0.15) is 0 Å².